The summed E-state index contributed by atoms with van der Waals surface area (Å²) in [7, 11) is 1.58. The number of hydrogen-bond donors (Lipinski definition) is 2. The van der Waals surface area contributed by atoms with Crippen molar-refractivity contribution in [2.45, 2.75) is 44.6 Å². The molecule has 0 spiro atoms. The quantitative estimate of drug-likeness (QED) is 0.676. The van der Waals surface area contributed by atoms with Gasteiger partial charge in [-0.25, -0.2) is 0 Å². The lowest BCUT2D eigenvalue weighted by Gasteiger charge is -2.33. The van der Waals surface area contributed by atoms with Crippen LogP contribution in [-0.4, -0.2) is 23.7 Å². The van der Waals surface area contributed by atoms with E-state index in [0.29, 0.717) is 18.8 Å². The van der Waals surface area contributed by atoms with Crippen molar-refractivity contribution >= 4 is 5.91 Å². The van der Waals surface area contributed by atoms with Gasteiger partial charge in [0.2, 0.25) is 0 Å². The molecule has 3 nitrogen and oxygen atoms in total. The molecule has 1 rings (SSSR count). The highest BCUT2D eigenvalue weighted by Gasteiger charge is 2.38. The molecule has 1 saturated carbocycles. The van der Waals surface area contributed by atoms with Crippen molar-refractivity contribution in [2.75, 3.05) is 7.05 Å². The largest absolute Gasteiger partial charge is 0.380 e. The molecule has 1 aliphatic carbocycles. The molecular formula is C10H19NO2. The van der Waals surface area contributed by atoms with E-state index in [1.807, 2.05) is 0 Å². The van der Waals surface area contributed by atoms with Crippen molar-refractivity contribution in [2.24, 2.45) is 5.92 Å². The van der Waals surface area contributed by atoms with Crippen LogP contribution >= 0.6 is 0 Å². The molecule has 0 bridgehead atoms. The molecular weight excluding hydrogens is 166 g/mol. The first-order valence-electron chi connectivity index (χ1n) is 5.07. The van der Waals surface area contributed by atoms with Crippen LogP contribution in [0.2, 0.25) is 0 Å². The van der Waals surface area contributed by atoms with Gasteiger partial charge in [-0.3, -0.25) is 4.79 Å². The van der Waals surface area contributed by atoms with E-state index >= 15 is 0 Å². The molecule has 76 valence electrons. The predicted octanol–water partition coefficient (Wildman–Crippen LogP) is 1.06. The first-order valence-corrected chi connectivity index (χ1v) is 5.07. The van der Waals surface area contributed by atoms with Gasteiger partial charge in [0, 0.05) is 7.05 Å². The smallest absolute Gasteiger partial charge is 0.251 e. The molecule has 0 aromatic heterocycles. The van der Waals surface area contributed by atoms with Crippen LogP contribution < -0.4 is 5.32 Å². The summed E-state index contributed by atoms with van der Waals surface area (Å²) in [4.78, 5) is 11.3. The zero-order valence-corrected chi connectivity index (χ0v) is 8.47. The van der Waals surface area contributed by atoms with E-state index in [2.05, 4.69) is 12.2 Å². The molecule has 0 radical (unpaired) electrons. The lowest BCUT2D eigenvalue weighted by atomic mass is 9.77. The molecule has 0 saturated heterocycles. The summed E-state index contributed by atoms with van der Waals surface area (Å²) >= 11 is 0. The Morgan fingerprint density at radius 1 is 1.54 bits per heavy atom. The number of likely N-dealkylation sites (N-methyl/N-ethyl adjacent to an activating group) is 1. The third-order valence-corrected chi connectivity index (χ3v) is 3.16. The highest BCUT2D eigenvalue weighted by molar-refractivity contribution is 5.84. The number of aliphatic hydroxyl groups is 1. The van der Waals surface area contributed by atoms with Gasteiger partial charge in [-0.15, -0.1) is 0 Å². The molecule has 1 fully saturated rings. The van der Waals surface area contributed by atoms with Crippen LogP contribution in [0.1, 0.15) is 39.0 Å². The Morgan fingerprint density at radius 2 is 2.08 bits per heavy atom. The standard InChI is InChI=1S/C10H19NO2/c1-3-8-4-6-10(13,7-5-8)9(12)11-2/h8,13H,3-7H2,1-2H3,(H,11,12)/t8-,10-. The molecule has 2 N–H and O–H groups in total. The summed E-state index contributed by atoms with van der Waals surface area (Å²) in [5, 5.41) is 12.5. The number of amides is 1. The van der Waals surface area contributed by atoms with Crippen molar-refractivity contribution in [3.8, 4) is 0 Å². The van der Waals surface area contributed by atoms with Crippen LogP contribution in [0.25, 0.3) is 0 Å². The minimum Gasteiger partial charge on any atom is -0.380 e. The first-order chi connectivity index (χ1) is 6.12. The third-order valence-electron chi connectivity index (χ3n) is 3.16. The molecule has 1 amide bonds. The summed E-state index contributed by atoms with van der Waals surface area (Å²) in [6.45, 7) is 2.16. The average molecular weight is 185 g/mol. The predicted molar refractivity (Wildman–Crippen MR) is 51.3 cm³/mol. The minimum atomic E-state index is -1.08. The minimum absolute atomic E-state index is 0.220. The van der Waals surface area contributed by atoms with E-state index in [4.69, 9.17) is 0 Å². The summed E-state index contributed by atoms with van der Waals surface area (Å²) < 4.78 is 0. The highest BCUT2D eigenvalue weighted by atomic mass is 16.3. The fourth-order valence-corrected chi connectivity index (χ4v) is 2.02. The SMILES string of the molecule is CC[C@H]1CC[C@@](O)(C(=O)NC)CC1. The lowest BCUT2D eigenvalue weighted by molar-refractivity contribution is -0.143. The summed E-state index contributed by atoms with van der Waals surface area (Å²) in [6.07, 6.45) is 4.33. The summed E-state index contributed by atoms with van der Waals surface area (Å²) in [6, 6.07) is 0. The number of hydrogen-bond acceptors (Lipinski definition) is 2. The van der Waals surface area contributed by atoms with E-state index < -0.39 is 5.60 Å². The van der Waals surface area contributed by atoms with Gasteiger partial charge in [0.25, 0.3) is 5.91 Å². The number of carbonyl (C=O) groups is 1. The van der Waals surface area contributed by atoms with Gasteiger partial charge < -0.3 is 10.4 Å². The topological polar surface area (TPSA) is 49.3 Å². The fourth-order valence-electron chi connectivity index (χ4n) is 2.02. The van der Waals surface area contributed by atoms with Crippen molar-refractivity contribution in [1.82, 2.24) is 5.32 Å². The Labute approximate surface area is 79.5 Å². The number of nitrogens with one attached hydrogen (secondary N) is 1. The van der Waals surface area contributed by atoms with E-state index in [1.165, 1.54) is 0 Å². The third kappa shape index (κ3) is 2.21. The molecule has 1 aliphatic rings. The maximum Gasteiger partial charge on any atom is 0.251 e. The average Bonchev–Trinajstić information content (AvgIpc) is 2.18. The Hall–Kier alpha value is -0.570. The molecule has 0 heterocycles. The normalized spacial score (nSPS) is 34.2. The van der Waals surface area contributed by atoms with Gasteiger partial charge in [0.15, 0.2) is 0 Å². The maximum absolute atomic E-state index is 11.3. The monoisotopic (exact) mass is 185 g/mol. The summed E-state index contributed by atoms with van der Waals surface area (Å²) in [5.41, 5.74) is -1.08. The molecule has 0 aromatic rings. The molecule has 0 aliphatic heterocycles. The van der Waals surface area contributed by atoms with E-state index in [0.717, 1.165) is 19.3 Å². The molecule has 0 aromatic carbocycles. The van der Waals surface area contributed by atoms with Gasteiger partial charge in [-0.2, -0.15) is 0 Å². The fraction of sp³-hybridized carbons (Fsp3) is 0.900. The Morgan fingerprint density at radius 3 is 2.46 bits per heavy atom. The molecule has 3 heteroatoms. The van der Waals surface area contributed by atoms with Crippen LogP contribution in [0, 0.1) is 5.92 Å². The van der Waals surface area contributed by atoms with Crippen molar-refractivity contribution < 1.29 is 9.90 Å². The zero-order valence-electron chi connectivity index (χ0n) is 8.47. The van der Waals surface area contributed by atoms with Crippen LogP contribution in [0.5, 0.6) is 0 Å². The zero-order chi connectivity index (χ0) is 9.90. The first kappa shape index (κ1) is 10.5. The van der Waals surface area contributed by atoms with E-state index in [-0.39, 0.29) is 5.91 Å². The summed E-state index contributed by atoms with van der Waals surface area (Å²) in [5.74, 6) is 0.479. The second kappa shape index (κ2) is 4.09. The second-order valence-corrected chi connectivity index (χ2v) is 3.96. The lowest BCUT2D eigenvalue weighted by Crippen LogP contribution is -2.47. The highest BCUT2D eigenvalue weighted by Crippen LogP contribution is 2.33. The van der Waals surface area contributed by atoms with Crippen molar-refractivity contribution in [3.63, 3.8) is 0 Å². The molecule has 0 unspecified atom stereocenters. The second-order valence-electron chi connectivity index (χ2n) is 3.96. The Bertz CT molecular complexity index is 183. The van der Waals surface area contributed by atoms with Gasteiger partial charge in [-0.1, -0.05) is 13.3 Å². The van der Waals surface area contributed by atoms with Crippen LogP contribution in [-0.2, 0) is 4.79 Å². The Kier molecular flexibility index (Phi) is 3.31. The number of carbonyl (C=O) groups excluding carboxylic acids is 1. The van der Waals surface area contributed by atoms with Crippen molar-refractivity contribution in [1.29, 1.82) is 0 Å². The van der Waals surface area contributed by atoms with Gasteiger partial charge in [0.05, 0.1) is 0 Å². The molecule has 13 heavy (non-hydrogen) atoms. The van der Waals surface area contributed by atoms with E-state index in [9.17, 15) is 9.90 Å². The van der Waals surface area contributed by atoms with Crippen LogP contribution in [0.15, 0.2) is 0 Å². The number of rotatable bonds is 2. The maximum atomic E-state index is 11.3. The van der Waals surface area contributed by atoms with Gasteiger partial charge in [-0.05, 0) is 31.6 Å². The molecule has 0 atom stereocenters. The van der Waals surface area contributed by atoms with E-state index in [1.54, 1.807) is 7.05 Å². The van der Waals surface area contributed by atoms with Crippen LogP contribution in [0.4, 0.5) is 0 Å². The van der Waals surface area contributed by atoms with Gasteiger partial charge >= 0.3 is 0 Å². The van der Waals surface area contributed by atoms with Crippen LogP contribution in [0.3, 0.4) is 0 Å². The van der Waals surface area contributed by atoms with Gasteiger partial charge in [0.1, 0.15) is 5.60 Å². The Balaban J connectivity index is 2.51. The van der Waals surface area contributed by atoms with Crippen molar-refractivity contribution in [3.05, 3.63) is 0 Å².